The standard InChI is InChI=1S/C14H27N5O2S2/c1-5-19(23(4,20)21)10-6-8-16-14(15-3)17-9-7-13-11-22-12(2)18-13/h11H,5-10H2,1-4H3,(H2,15,16,17). The molecule has 0 aliphatic heterocycles. The van der Waals surface area contributed by atoms with Crippen LogP contribution in [0, 0.1) is 6.92 Å². The van der Waals surface area contributed by atoms with Crippen molar-refractivity contribution in [2.24, 2.45) is 4.99 Å². The van der Waals surface area contributed by atoms with Crippen molar-refractivity contribution in [3.05, 3.63) is 16.1 Å². The van der Waals surface area contributed by atoms with Crippen molar-refractivity contribution in [1.29, 1.82) is 0 Å². The van der Waals surface area contributed by atoms with Gasteiger partial charge in [-0.2, -0.15) is 0 Å². The van der Waals surface area contributed by atoms with Gasteiger partial charge in [-0.25, -0.2) is 17.7 Å². The summed E-state index contributed by atoms with van der Waals surface area (Å²) in [7, 11) is -1.39. The molecular weight excluding hydrogens is 334 g/mol. The van der Waals surface area contributed by atoms with Gasteiger partial charge in [0.2, 0.25) is 10.0 Å². The molecule has 1 aromatic rings. The summed E-state index contributed by atoms with van der Waals surface area (Å²) in [6.45, 7) is 6.28. The maximum absolute atomic E-state index is 11.5. The van der Waals surface area contributed by atoms with Crippen LogP contribution in [0.15, 0.2) is 10.4 Å². The van der Waals surface area contributed by atoms with Crippen LogP contribution in [0.2, 0.25) is 0 Å². The smallest absolute Gasteiger partial charge is 0.211 e. The molecule has 0 fully saturated rings. The summed E-state index contributed by atoms with van der Waals surface area (Å²) in [6, 6.07) is 0. The van der Waals surface area contributed by atoms with Gasteiger partial charge in [0.15, 0.2) is 5.96 Å². The molecule has 0 aromatic carbocycles. The minimum atomic E-state index is -3.11. The molecule has 1 aromatic heterocycles. The Morgan fingerprint density at radius 3 is 2.61 bits per heavy atom. The zero-order chi connectivity index (χ0) is 17.3. The lowest BCUT2D eigenvalue weighted by Crippen LogP contribution is -2.40. The third kappa shape index (κ3) is 7.76. The molecule has 9 heteroatoms. The Morgan fingerprint density at radius 1 is 1.39 bits per heavy atom. The van der Waals surface area contributed by atoms with Crippen molar-refractivity contribution in [3.63, 3.8) is 0 Å². The molecule has 2 N–H and O–H groups in total. The molecule has 0 atom stereocenters. The summed E-state index contributed by atoms with van der Waals surface area (Å²) in [6.07, 6.45) is 2.82. The van der Waals surface area contributed by atoms with E-state index in [1.165, 1.54) is 10.6 Å². The summed E-state index contributed by atoms with van der Waals surface area (Å²) >= 11 is 1.65. The van der Waals surface area contributed by atoms with Crippen LogP contribution in [0.5, 0.6) is 0 Å². The van der Waals surface area contributed by atoms with Crippen molar-refractivity contribution >= 4 is 27.3 Å². The first-order chi connectivity index (χ1) is 10.9. The number of nitrogens with zero attached hydrogens (tertiary/aromatic N) is 3. The molecule has 0 spiro atoms. The predicted molar refractivity (Wildman–Crippen MR) is 96.6 cm³/mol. The van der Waals surface area contributed by atoms with Crippen LogP contribution in [0.1, 0.15) is 24.0 Å². The van der Waals surface area contributed by atoms with Gasteiger partial charge in [0.1, 0.15) is 0 Å². The number of sulfonamides is 1. The van der Waals surface area contributed by atoms with E-state index in [4.69, 9.17) is 0 Å². The zero-order valence-corrected chi connectivity index (χ0v) is 15.9. The summed E-state index contributed by atoms with van der Waals surface area (Å²) in [5.74, 6) is 0.722. The highest BCUT2D eigenvalue weighted by Crippen LogP contribution is 2.07. The Kier molecular flexibility index (Phi) is 8.49. The van der Waals surface area contributed by atoms with Gasteiger partial charge in [0, 0.05) is 45.0 Å². The van der Waals surface area contributed by atoms with Crippen molar-refractivity contribution < 1.29 is 8.42 Å². The number of hydrogen-bond donors (Lipinski definition) is 2. The fourth-order valence-corrected chi connectivity index (χ4v) is 3.65. The van der Waals surface area contributed by atoms with E-state index >= 15 is 0 Å². The second kappa shape index (κ2) is 9.84. The Morgan fingerprint density at radius 2 is 2.09 bits per heavy atom. The highest BCUT2D eigenvalue weighted by molar-refractivity contribution is 7.88. The van der Waals surface area contributed by atoms with E-state index in [1.807, 2.05) is 13.8 Å². The first-order valence-corrected chi connectivity index (χ1v) is 10.4. The van der Waals surface area contributed by atoms with E-state index in [1.54, 1.807) is 18.4 Å². The number of rotatable bonds is 9. The molecule has 0 saturated carbocycles. The summed E-state index contributed by atoms with van der Waals surface area (Å²) in [5, 5.41) is 9.57. The van der Waals surface area contributed by atoms with E-state index in [9.17, 15) is 8.42 Å². The average molecular weight is 362 g/mol. The van der Waals surface area contributed by atoms with Gasteiger partial charge in [-0.05, 0) is 13.3 Å². The molecular formula is C14H27N5O2S2. The van der Waals surface area contributed by atoms with Crippen molar-refractivity contribution in [2.45, 2.75) is 26.7 Å². The molecule has 0 aliphatic rings. The van der Waals surface area contributed by atoms with Crippen LogP contribution in [0.4, 0.5) is 0 Å². The Labute approximate surface area is 143 Å². The van der Waals surface area contributed by atoms with Gasteiger partial charge in [0.05, 0.1) is 17.0 Å². The zero-order valence-electron chi connectivity index (χ0n) is 14.3. The van der Waals surface area contributed by atoms with Crippen LogP contribution < -0.4 is 10.6 Å². The highest BCUT2D eigenvalue weighted by atomic mass is 32.2. The lowest BCUT2D eigenvalue weighted by Gasteiger charge is -2.18. The average Bonchev–Trinajstić information content (AvgIpc) is 2.89. The van der Waals surface area contributed by atoms with Gasteiger partial charge in [0.25, 0.3) is 0 Å². The van der Waals surface area contributed by atoms with Gasteiger partial charge >= 0.3 is 0 Å². The van der Waals surface area contributed by atoms with Crippen LogP contribution in [-0.2, 0) is 16.4 Å². The maximum Gasteiger partial charge on any atom is 0.211 e. The SMILES string of the molecule is CCN(CCCNC(=NC)NCCc1csc(C)n1)S(C)(=O)=O. The molecule has 0 aliphatic carbocycles. The fraction of sp³-hybridized carbons (Fsp3) is 0.714. The molecule has 0 saturated heterocycles. The van der Waals surface area contributed by atoms with E-state index in [2.05, 4.69) is 26.0 Å². The second-order valence-electron chi connectivity index (χ2n) is 5.14. The molecule has 1 rings (SSSR count). The minimum Gasteiger partial charge on any atom is -0.356 e. The first-order valence-electron chi connectivity index (χ1n) is 7.67. The van der Waals surface area contributed by atoms with Gasteiger partial charge in [-0.15, -0.1) is 11.3 Å². The van der Waals surface area contributed by atoms with Crippen molar-refractivity contribution in [2.75, 3.05) is 39.5 Å². The fourth-order valence-electron chi connectivity index (χ4n) is 2.07. The number of aliphatic imine (C=N–C) groups is 1. The number of thiazole rings is 1. The molecule has 0 amide bonds. The maximum atomic E-state index is 11.5. The summed E-state index contributed by atoms with van der Waals surface area (Å²) < 4.78 is 24.4. The molecule has 0 bridgehead atoms. The summed E-state index contributed by atoms with van der Waals surface area (Å²) in [4.78, 5) is 8.57. The quantitative estimate of drug-likeness (QED) is 0.386. The van der Waals surface area contributed by atoms with Crippen LogP contribution in [-0.4, -0.2) is 63.1 Å². The second-order valence-corrected chi connectivity index (χ2v) is 8.19. The minimum absolute atomic E-state index is 0.499. The molecule has 1 heterocycles. The normalized spacial score (nSPS) is 12.7. The highest BCUT2D eigenvalue weighted by Gasteiger charge is 2.13. The van der Waals surface area contributed by atoms with E-state index in [-0.39, 0.29) is 0 Å². The number of nitrogens with one attached hydrogen (secondary N) is 2. The van der Waals surface area contributed by atoms with Crippen LogP contribution in [0.25, 0.3) is 0 Å². The van der Waals surface area contributed by atoms with Crippen molar-refractivity contribution in [1.82, 2.24) is 19.9 Å². The number of hydrogen-bond acceptors (Lipinski definition) is 5. The third-order valence-electron chi connectivity index (χ3n) is 3.26. The third-order valence-corrected chi connectivity index (χ3v) is 5.46. The topological polar surface area (TPSA) is 86.7 Å². The first kappa shape index (κ1) is 19.9. The largest absolute Gasteiger partial charge is 0.356 e. The molecule has 0 unspecified atom stereocenters. The monoisotopic (exact) mass is 361 g/mol. The lowest BCUT2D eigenvalue weighted by atomic mass is 10.3. The Hall–Kier alpha value is -1.19. The molecule has 7 nitrogen and oxygen atoms in total. The lowest BCUT2D eigenvalue weighted by molar-refractivity contribution is 0.424. The predicted octanol–water partition coefficient (Wildman–Crippen LogP) is 0.831. The summed E-state index contributed by atoms with van der Waals surface area (Å²) in [5.41, 5.74) is 1.09. The number of aromatic nitrogens is 1. The molecule has 0 radical (unpaired) electrons. The van der Waals surface area contributed by atoms with E-state index < -0.39 is 10.0 Å². The van der Waals surface area contributed by atoms with Gasteiger partial charge in [-0.1, -0.05) is 6.92 Å². The Bertz CT molecular complexity index is 598. The number of guanidine groups is 1. The Balaban J connectivity index is 2.24. The van der Waals surface area contributed by atoms with Gasteiger partial charge < -0.3 is 10.6 Å². The van der Waals surface area contributed by atoms with Crippen LogP contribution in [0.3, 0.4) is 0 Å². The van der Waals surface area contributed by atoms with Gasteiger partial charge in [-0.3, -0.25) is 4.99 Å². The number of aryl methyl sites for hydroxylation is 1. The molecule has 23 heavy (non-hydrogen) atoms. The van der Waals surface area contributed by atoms with E-state index in [0.29, 0.717) is 19.6 Å². The van der Waals surface area contributed by atoms with Crippen LogP contribution >= 0.6 is 11.3 Å². The van der Waals surface area contributed by atoms with Crippen molar-refractivity contribution in [3.8, 4) is 0 Å². The van der Waals surface area contributed by atoms with E-state index in [0.717, 1.165) is 36.0 Å². The molecule has 132 valence electrons.